The van der Waals surface area contributed by atoms with Gasteiger partial charge in [-0.3, -0.25) is 4.79 Å². The third-order valence-electron chi connectivity index (χ3n) is 3.28. The van der Waals surface area contributed by atoms with Gasteiger partial charge in [0.2, 0.25) is 0 Å². The molecule has 1 heterocycles. The van der Waals surface area contributed by atoms with Gasteiger partial charge in [0.1, 0.15) is 5.69 Å². The molecule has 122 valence electrons. The van der Waals surface area contributed by atoms with Crippen LogP contribution in [0.15, 0.2) is 47.5 Å². The molecule has 0 saturated carbocycles. The number of ketones is 1. The lowest BCUT2D eigenvalue weighted by Crippen LogP contribution is -2.32. The number of nitrogens with zero attached hydrogens (tertiary/aromatic N) is 2. The van der Waals surface area contributed by atoms with E-state index < -0.39 is 28.4 Å². The van der Waals surface area contributed by atoms with Gasteiger partial charge in [-0.15, -0.1) is 0 Å². The minimum Gasteiger partial charge on any atom is -0.465 e. The quantitative estimate of drug-likeness (QED) is 0.840. The van der Waals surface area contributed by atoms with Crippen LogP contribution < -0.4 is 0 Å². The predicted octanol–water partition coefficient (Wildman–Crippen LogP) is 1.83. The number of likely N-dealkylation sites (N-methyl/N-ethyl adjacent to an activating group) is 1. The minimum atomic E-state index is -3.91. The molecule has 2 rings (SSSR count). The van der Waals surface area contributed by atoms with Crippen LogP contribution in [0.1, 0.15) is 16.1 Å². The smallest absolute Gasteiger partial charge is 0.407 e. The highest BCUT2D eigenvalue weighted by Gasteiger charge is 2.23. The molecule has 0 aliphatic heterocycles. The highest BCUT2D eigenvalue weighted by molar-refractivity contribution is 7.90. The summed E-state index contributed by atoms with van der Waals surface area (Å²) in [5.74, 6) is -0.601. The highest BCUT2D eigenvalue weighted by Crippen LogP contribution is 2.18. The summed E-state index contributed by atoms with van der Waals surface area (Å²) in [4.78, 5) is 23.8. The number of rotatable bonds is 5. The maximum absolute atomic E-state index is 12.6. The first-order chi connectivity index (χ1) is 10.7. The molecule has 1 aromatic heterocycles. The summed E-state index contributed by atoms with van der Waals surface area (Å²) < 4.78 is 26.1. The number of Topliss-reactive ketones (excluding diaryl/α,β-unsaturated/α-hetero) is 1. The van der Waals surface area contributed by atoms with E-state index >= 15 is 0 Å². The van der Waals surface area contributed by atoms with Crippen molar-refractivity contribution in [1.29, 1.82) is 0 Å². The van der Waals surface area contributed by atoms with Crippen molar-refractivity contribution in [2.45, 2.75) is 11.8 Å². The fourth-order valence-electron chi connectivity index (χ4n) is 1.98. The van der Waals surface area contributed by atoms with Crippen LogP contribution in [0.5, 0.6) is 0 Å². The van der Waals surface area contributed by atoms with Gasteiger partial charge < -0.3 is 10.0 Å². The second-order valence-electron chi connectivity index (χ2n) is 5.07. The minimum absolute atomic E-state index is 0.0555. The Kier molecular flexibility index (Phi) is 4.55. The van der Waals surface area contributed by atoms with Crippen LogP contribution in [0, 0.1) is 6.92 Å². The fourth-order valence-corrected chi connectivity index (χ4v) is 3.34. The number of aromatic nitrogens is 1. The molecule has 0 unspecified atom stereocenters. The molecule has 1 amide bonds. The van der Waals surface area contributed by atoms with E-state index in [0.29, 0.717) is 0 Å². The van der Waals surface area contributed by atoms with E-state index in [0.717, 1.165) is 14.4 Å². The van der Waals surface area contributed by atoms with Gasteiger partial charge in [-0.05, 0) is 31.2 Å². The molecule has 1 aromatic carbocycles. The molecule has 0 aliphatic carbocycles. The van der Waals surface area contributed by atoms with E-state index in [1.807, 2.05) is 6.92 Å². The van der Waals surface area contributed by atoms with Crippen LogP contribution in [0.2, 0.25) is 0 Å². The van der Waals surface area contributed by atoms with Gasteiger partial charge >= 0.3 is 6.09 Å². The van der Waals surface area contributed by atoms with Crippen LogP contribution in [-0.4, -0.2) is 47.9 Å². The van der Waals surface area contributed by atoms with Crippen LogP contribution in [0.4, 0.5) is 4.79 Å². The predicted molar refractivity (Wildman–Crippen MR) is 83.2 cm³/mol. The van der Waals surface area contributed by atoms with E-state index in [1.54, 1.807) is 12.1 Å². The number of carbonyl (C=O) groups is 2. The molecule has 23 heavy (non-hydrogen) atoms. The lowest BCUT2D eigenvalue weighted by atomic mass is 10.2. The van der Waals surface area contributed by atoms with E-state index in [-0.39, 0.29) is 10.6 Å². The third-order valence-corrected chi connectivity index (χ3v) is 4.99. The maximum atomic E-state index is 12.6. The van der Waals surface area contributed by atoms with Crippen molar-refractivity contribution in [3.63, 3.8) is 0 Å². The summed E-state index contributed by atoms with van der Waals surface area (Å²) in [5.41, 5.74) is 0.828. The van der Waals surface area contributed by atoms with Crippen molar-refractivity contribution >= 4 is 21.9 Å². The molecular weight excluding hydrogens is 320 g/mol. The molecule has 0 atom stereocenters. The summed E-state index contributed by atoms with van der Waals surface area (Å²) in [6.45, 7) is 1.41. The molecule has 0 radical (unpaired) electrons. The highest BCUT2D eigenvalue weighted by atomic mass is 32.2. The van der Waals surface area contributed by atoms with Crippen LogP contribution in [0.25, 0.3) is 0 Å². The van der Waals surface area contributed by atoms with Gasteiger partial charge in [0.25, 0.3) is 10.0 Å². The zero-order chi connectivity index (χ0) is 17.2. The molecule has 0 bridgehead atoms. The zero-order valence-electron chi connectivity index (χ0n) is 12.6. The van der Waals surface area contributed by atoms with Crippen molar-refractivity contribution in [3.05, 3.63) is 53.9 Å². The monoisotopic (exact) mass is 336 g/mol. The lowest BCUT2D eigenvalue weighted by molar-refractivity contribution is 0.0923. The van der Waals surface area contributed by atoms with E-state index in [2.05, 4.69) is 0 Å². The zero-order valence-corrected chi connectivity index (χ0v) is 13.4. The standard InChI is InChI=1S/C15H16N2O5S/c1-11-5-7-12(8-6-11)23(21,22)17-9-3-4-13(17)14(18)10-16(2)15(19)20/h3-9H,10H2,1-2H3,(H,19,20). The van der Waals surface area contributed by atoms with Gasteiger partial charge in [0.05, 0.1) is 11.4 Å². The van der Waals surface area contributed by atoms with Gasteiger partial charge in [-0.1, -0.05) is 17.7 Å². The van der Waals surface area contributed by atoms with E-state index in [4.69, 9.17) is 5.11 Å². The fraction of sp³-hybridized carbons (Fsp3) is 0.200. The SMILES string of the molecule is Cc1ccc(S(=O)(=O)n2cccc2C(=O)CN(C)C(=O)O)cc1. The number of benzene rings is 1. The summed E-state index contributed by atoms with van der Waals surface area (Å²) >= 11 is 0. The first-order valence-electron chi connectivity index (χ1n) is 6.70. The number of carboxylic acid groups (broad SMARTS) is 1. The summed E-state index contributed by atoms with van der Waals surface area (Å²) in [6.07, 6.45) is 0.00117. The summed E-state index contributed by atoms with van der Waals surface area (Å²) in [5, 5.41) is 8.81. The van der Waals surface area contributed by atoms with Gasteiger partial charge in [0, 0.05) is 13.2 Å². The van der Waals surface area contributed by atoms with Crippen molar-refractivity contribution < 1.29 is 23.1 Å². The molecular formula is C15H16N2O5S. The molecule has 7 nitrogen and oxygen atoms in total. The average Bonchev–Trinajstić information content (AvgIpc) is 2.97. The number of hydrogen-bond acceptors (Lipinski definition) is 4. The average molecular weight is 336 g/mol. The van der Waals surface area contributed by atoms with Gasteiger partial charge in [0.15, 0.2) is 5.78 Å². The first kappa shape index (κ1) is 16.8. The van der Waals surface area contributed by atoms with E-state index in [9.17, 15) is 18.0 Å². The van der Waals surface area contributed by atoms with Crippen molar-refractivity contribution in [3.8, 4) is 0 Å². The molecule has 0 aliphatic rings. The molecule has 2 aromatic rings. The van der Waals surface area contributed by atoms with Gasteiger partial charge in [-0.25, -0.2) is 17.2 Å². The van der Waals surface area contributed by atoms with Crippen molar-refractivity contribution in [2.75, 3.05) is 13.6 Å². The van der Waals surface area contributed by atoms with Crippen LogP contribution in [-0.2, 0) is 10.0 Å². The molecule has 0 saturated heterocycles. The summed E-state index contributed by atoms with van der Waals surface area (Å²) in [7, 11) is -2.68. The Labute approximate surface area is 133 Å². The molecule has 0 spiro atoms. The summed E-state index contributed by atoms with van der Waals surface area (Å²) in [6, 6.07) is 9.03. The number of carbonyl (C=O) groups excluding carboxylic acids is 1. The maximum Gasteiger partial charge on any atom is 0.407 e. The Balaban J connectivity index is 2.39. The number of aryl methyl sites for hydroxylation is 1. The molecule has 0 fully saturated rings. The topological polar surface area (TPSA) is 96.7 Å². The largest absolute Gasteiger partial charge is 0.465 e. The second kappa shape index (κ2) is 6.25. The molecule has 1 N–H and O–H groups in total. The van der Waals surface area contributed by atoms with Crippen molar-refractivity contribution in [1.82, 2.24) is 8.87 Å². The van der Waals surface area contributed by atoms with Crippen LogP contribution in [0.3, 0.4) is 0 Å². The Bertz CT molecular complexity index is 837. The number of hydrogen-bond donors (Lipinski definition) is 1. The van der Waals surface area contributed by atoms with E-state index in [1.165, 1.54) is 37.5 Å². The third kappa shape index (κ3) is 3.42. The first-order valence-corrected chi connectivity index (χ1v) is 8.14. The second-order valence-corrected chi connectivity index (χ2v) is 6.88. The normalized spacial score (nSPS) is 11.2. The van der Waals surface area contributed by atoms with Gasteiger partial charge in [-0.2, -0.15) is 0 Å². The Morgan fingerprint density at radius 2 is 1.78 bits per heavy atom. The number of amides is 1. The van der Waals surface area contributed by atoms with Crippen molar-refractivity contribution in [2.24, 2.45) is 0 Å². The molecule has 8 heteroatoms. The lowest BCUT2D eigenvalue weighted by Gasteiger charge is -2.14. The Morgan fingerprint density at radius 1 is 1.17 bits per heavy atom. The Hall–Kier alpha value is -2.61. The van der Waals surface area contributed by atoms with Crippen LogP contribution >= 0.6 is 0 Å². The Morgan fingerprint density at radius 3 is 2.35 bits per heavy atom.